The molecule has 102 valence electrons. The average molecular weight is 325 g/mol. The molecule has 0 spiro atoms. The van der Waals surface area contributed by atoms with Gasteiger partial charge in [-0.25, -0.2) is 0 Å². The Balaban J connectivity index is 2.13. The Morgan fingerprint density at radius 3 is 3.00 bits per heavy atom. The molecule has 6 heteroatoms. The highest BCUT2D eigenvalue weighted by molar-refractivity contribution is 9.10. The summed E-state index contributed by atoms with van der Waals surface area (Å²) in [5.41, 5.74) is 0.703. The normalized spacial score (nSPS) is 12.6. The Morgan fingerprint density at radius 1 is 1.47 bits per heavy atom. The van der Waals surface area contributed by atoms with Gasteiger partial charge < -0.3 is 9.84 Å². The SMILES string of the molecule is CCCC(Cc1nc(-c2ncccc2Br)no1)NC. The Kier molecular flexibility index (Phi) is 5.04. The second kappa shape index (κ2) is 6.77. The fraction of sp³-hybridized carbons (Fsp3) is 0.462. The van der Waals surface area contributed by atoms with E-state index in [-0.39, 0.29) is 0 Å². The van der Waals surface area contributed by atoms with Crippen molar-refractivity contribution < 1.29 is 4.52 Å². The van der Waals surface area contributed by atoms with Crippen molar-refractivity contribution >= 4 is 15.9 Å². The standard InChI is InChI=1S/C13H17BrN4O/c1-3-5-9(15-2)8-11-17-13(18-19-11)12-10(14)6-4-7-16-12/h4,6-7,9,15H,3,5,8H2,1-2H3. The highest BCUT2D eigenvalue weighted by Crippen LogP contribution is 2.23. The number of rotatable bonds is 6. The molecule has 1 atom stereocenters. The number of hydrogen-bond acceptors (Lipinski definition) is 5. The molecule has 1 N–H and O–H groups in total. The van der Waals surface area contributed by atoms with Gasteiger partial charge in [-0.3, -0.25) is 4.98 Å². The molecule has 0 radical (unpaired) electrons. The Bertz CT molecular complexity index is 529. The molecule has 0 aliphatic rings. The van der Waals surface area contributed by atoms with E-state index in [1.54, 1.807) is 6.20 Å². The second-order valence-corrected chi connectivity index (χ2v) is 5.18. The first-order valence-electron chi connectivity index (χ1n) is 6.35. The van der Waals surface area contributed by atoms with Gasteiger partial charge >= 0.3 is 0 Å². The summed E-state index contributed by atoms with van der Waals surface area (Å²) in [6.45, 7) is 2.16. The number of nitrogens with one attached hydrogen (secondary N) is 1. The number of halogens is 1. The number of nitrogens with zero attached hydrogens (tertiary/aromatic N) is 3. The quantitative estimate of drug-likeness (QED) is 0.885. The molecular weight excluding hydrogens is 308 g/mol. The lowest BCUT2D eigenvalue weighted by Crippen LogP contribution is -2.27. The van der Waals surface area contributed by atoms with Crippen LogP contribution >= 0.6 is 15.9 Å². The van der Waals surface area contributed by atoms with Gasteiger partial charge in [-0.05, 0) is 41.5 Å². The predicted molar refractivity (Wildman–Crippen MR) is 76.7 cm³/mol. The number of aromatic nitrogens is 3. The highest BCUT2D eigenvalue weighted by Gasteiger charge is 2.15. The minimum absolute atomic E-state index is 0.366. The molecule has 19 heavy (non-hydrogen) atoms. The van der Waals surface area contributed by atoms with Crippen LogP contribution in [0.1, 0.15) is 25.7 Å². The summed E-state index contributed by atoms with van der Waals surface area (Å²) >= 11 is 3.44. The van der Waals surface area contributed by atoms with Crippen LogP contribution < -0.4 is 5.32 Å². The van der Waals surface area contributed by atoms with Crippen LogP contribution in [0.25, 0.3) is 11.5 Å². The molecule has 2 rings (SSSR count). The van der Waals surface area contributed by atoms with Crippen molar-refractivity contribution in [3.8, 4) is 11.5 Å². The fourth-order valence-corrected chi connectivity index (χ4v) is 2.32. The van der Waals surface area contributed by atoms with Gasteiger partial charge in [-0.15, -0.1) is 0 Å². The van der Waals surface area contributed by atoms with Crippen molar-refractivity contribution in [2.75, 3.05) is 7.05 Å². The third kappa shape index (κ3) is 3.61. The maximum absolute atomic E-state index is 5.29. The van der Waals surface area contributed by atoms with Gasteiger partial charge in [0.15, 0.2) is 0 Å². The number of hydrogen-bond donors (Lipinski definition) is 1. The van der Waals surface area contributed by atoms with Gasteiger partial charge in [0.2, 0.25) is 11.7 Å². The molecule has 0 aliphatic heterocycles. The smallest absolute Gasteiger partial charge is 0.228 e. The molecular formula is C13H17BrN4O. The molecule has 0 aromatic carbocycles. The van der Waals surface area contributed by atoms with Crippen molar-refractivity contribution in [1.82, 2.24) is 20.4 Å². The van der Waals surface area contributed by atoms with Crippen molar-refractivity contribution in [2.45, 2.75) is 32.2 Å². The Labute approximate surface area is 121 Å². The predicted octanol–water partition coefficient (Wildman–Crippen LogP) is 2.82. The molecule has 0 aliphatic carbocycles. The number of likely N-dealkylation sites (N-methyl/N-ethyl adjacent to an activating group) is 1. The zero-order valence-electron chi connectivity index (χ0n) is 11.1. The summed E-state index contributed by atoms with van der Waals surface area (Å²) in [5.74, 6) is 1.16. The first kappa shape index (κ1) is 14.1. The molecule has 0 saturated heterocycles. The summed E-state index contributed by atoms with van der Waals surface area (Å²) < 4.78 is 6.15. The van der Waals surface area contributed by atoms with E-state index in [1.165, 1.54) is 0 Å². The minimum atomic E-state index is 0.366. The van der Waals surface area contributed by atoms with Crippen LogP contribution in [0, 0.1) is 0 Å². The van der Waals surface area contributed by atoms with Gasteiger partial charge in [0.1, 0.15) is 5.69 Å². The summed E-state index contributed by atoms with van der Waals surface area (Å²) in [5, 5.41) is 7.25. The van der Waals surface area contributed by atoms with E-state index in [4.69, 9.17) is 4.52 Å². The van der Waals surface area contributed by atoms with Crippen molar-refractivity contribution in [1.29, 1.82) is 0 Å². The van der Waals surface area contributed by atoms with Crippen molar-refractivity contribution in [3.63, 3.8) is 0 Å². The van der Waals surface area contributed by atoms with Crippen LogP contribution in [0.15, 0.2) is 27.3 Å². The molecule has 0 saturated carbocycles. The molecule has 1 unspecified atom stereocenters. The monoisotopic (exact) mass is 324 g/mol. The summed E-state index contributed by atoms with van der Waals surface area (Å²) in [6, 6.07) is 4.13. The van der Waals surface area contributed by atoms with E-state index in [0.29, 0.717) is 23.5 Å². The zero-order valence-corrected chi connectivity index (χ0v) is 12.6. The van der Waals surface area contributed by atoms with Crippen LogP contribution in [-0.2, 0) is 6.42 Å². The Hall–Kier alpha value is -1.27. The lowest BCUT2D eigenvalue weighted by molar-refractivity contribution is 0.356. The minimum Gasteiger partial charge on any atom is -0.339 e. The summed E-state index contributed by atoms with van der Waals surface area (Å²) in [7, 11) is 1.95. The molecule has 0 fully saturated rings. The molecule has 2 aromatic heterocycles. The third-order valence-corrected chi connectivity index (χ3v) is 3.54. The van der Waals surface area contributed by atoms with Crippen LogP contribution in [0.2, 0.25) is 0 Å². The van der Waals surface area contributed by atoms with Crippen LogP contribution in [0.4, 0.5) is 0 Å². The van der Waals surface area contributed by atoms with Crippen LogP contribution in [-0.4, -0.2) is 28.2 Å². The largest absolute Gasteiger partial charge is 0.339 e. The van der Waals surface area contributed by atoms with Gasteiger partial charge in [-0.2, -0.15) is 4.98 Å². The van der Waals surface area contributed by atoms with E-state index >= 15 is 0 Å². The maximum atomic E-state index is 5.29. The van der Waals surface area contributed by atoms with E-state index in [9.17, 15) is 0 Å². The van der Waals surface area contributed by atoms with E-state index < -0.39 is 0 Å². The first-order valence-corrected chi connectivity index (χ1v) is 7.14. The van der Waals surface area contributed by atoms with Gasteiger partial charge in [-0.1, -0.05) is 18.5 Å². The molecule has 2 heterocycles. The summed E-state index contributed by atoms with van der Waals surface area (Å²) in [4.78, 5) is 8.65. The van der Waals surface area contributed by atoms with E-state index in [2.05, 4.69) is 43.3 Å². The molecule has 2 aromatic rings. The van der Waals surface area contributed by atoms with E-state index in [1.807, 2.05) is 19.2 Å². The summed E-state index contributed by atoms with van der Waals surface area (Å²) in [6.07, 6.45) is 4.66. The molecule has 0 bridgehead atoms. The van der Waals surface area contributed by atoms with Crippen molar-refractivity contribution in [3.05, 3.63) is 28.7 Å². The van der Waals surface area contributed by atoms with Gasteiger partial charge in [0, 0.05) is 23.1 Å². The number of pyridine rings is 1. The lowest BCUT2D eigenvalue weighted by atomic mass is 10.1. The lowest BCUT2D eigenvalue weighted by Gasteiger charge is -2.11. The topological polar surface area (TPSA) is 63.8 Å². The highest BCUT2D eigenvalue weighted by atomic mass is 79.9. The zero-order chi connectivity index (χ0) is 13.7. The first-order chi connectivity index (χ1) is 9.24. The van der Waals surface area contributed by atoms with Crippen LogP contribution in [0.5, 0.6) is 0 Å². The van der Waals surface area contributed by atoms with Gasteiger partial charge in [0.25, 0.3) is 0 Å². The molecule has 5 nitrogen and oxygen atoms in total. The van der Waals surface area contributed by atoms with E-state index in [0.717, 1.165) is 23.7 Å². The Morgan fingerprint density at radius 2 is 2.32 bits per heavy atom. The van der Waals surface area contributed by atoms with Crippen LogP contribution in [0.3, 0.4) is 0 Å². The fourth-order valence-electron chi connectivity index (χ4n) is 1.89. The molecule has 0 amide bonds. The third-order valence-electron chi connectivity index (χ3n) is 2.90. The second-order valence-electron chi connectivity index (χ2n) is 4.32. The average Bonchev–Trinajstić information content (AvgIpc) is 2.87. The van der Waals surface area contributed by atoms with Crippen molar-refractivity contribution in [2.24, 2.45) is 0 Å². The van der Waals surface area contributed by atoms with Gasteiger partial charge in [0.05, 0.1) is 0 Å². The maximum Gasteiger partial charge on any atom is 0.228 e.